The summed E-state index contributed by atoms with van der Waals surface area (Å²) in [4.78, 5) is 38.8. The Bertz CT molecular complexity index is 944. The van der Waals surface area contributed by atoms with Gasteiger partial charge in [0, 0.05) is 19.5 Å². The summed E-state index contributed by atoms with van der Waals surface area (Å²) in [6.45, 7) is 5.15. The lowest BCUT2D eigenvalue weighted by molar-refractivity contribution is -0.146. The van der Waals surface area contributed by atoms with Crippen LogP contribution in [0.2, 0.25) is 0 Å². The SMILES string of the molecule is COC(=O)[C@@H](Cc1ccc(F)cc1)N(CCNC(=O)OC(C)(C)C)C(=O)OCc1ccccc1. The molecule has 8 nitrogen and oxygen atoms in total. The van der Waals surface area contributed by atoms with Crippen LogP contribution in [0.4, 0.5) is 14.0 Å². The van der Waals surface area contributed by atoms with E-state index in [-0.39, 0.29) is 26.1 Å². The summed E-state index contributed by atoms with van der Waals surface area (Å²) in [5.41, 5.74) is 0.712. The fraction of sp³-hybridized carbons (Fsp3) is 0.400. The highest BCUT2D eigenvalue weighted by atomic mass is 19.1. The Kier molecular flexibility index (Phi) is 9.85. The number of hydrogen-bond donors (Lipinski definition) is 1. The summed E-state index contributed by atoms with van der Waals surface area (Å²) in [6.07, 6.45) is -1.34. The van der Waals surface area contributed by atoms with E-state index in [1.54, 1.807) is 32.9 Å². The first-order chi connectivity index (χ1) is 16.1. The van der Waals surface area contributed by atoms with Gasteiger partial charge in [-0.25, -0.2) is 18.8 Å². The molecule has 0 saturated carbocycles. The number of nitrogens with one attached hydrogen (secondary N) is 1. The third-order valence-corrected chi connectivity index (χ3v) is 4.65. The molecule has 0 radical (unpaired) electrons. The Morgan fingerprint density at radius 1 is 1.00 bits per heavy atom. The molecule has 1 N–H and O–H groups in total. The second-order valence-corrected chi connectivity index (χ2v) is 8.53. The van der Waals surface area contributed by atoms with Gasteiger partial charge in [-0.2, -0.15) is 0 Å². The van der Waals surface area contributed by atoms with Crippen LogP contribution in [0.5, 0.6) is 0 Å². The van der Waals surface area contributed by atoms with Crippen molar-refractivity contribution in [3.05, 3.63) is 71.5 Å². The number of nitrogens with zero attached hydrogens (tertiary/aromatic N) is 1. The minimum atomic E-state index is -1.06. The third-order valence-electron chi connectivity index (χ3n) is 4.65. The Morgan fingerprint density at radius 2 is 1.65 bits per heavy atom. The third kappa shape index (κ3) is 9.09. The van der Waals surface area contributed by atoms with Gasteiger partial charge in [0.25, 0.3) is 0 Å². The Hall–Kier alpha value is -3.62. The topological polar surface area (TPSA) is 94.2 Å². The summed E-state index contributed by atoms with van der Waals surface area (Å²) in [7, 11) is 1.21. The minimum Gasteiger partial charge on any atom is -0.467 e. The molecule has 2 aromatic carbocycles. The maximum atomic E-state index is 13.3. The minimum absolute atomic E-state index is 0.000108. The molecular formula is C25H31FN2O6. The number of carbonyl (C=O) groups is 3. The van der Waals surface area contributed by atoms with E-state index in [1.807, 2.05) is 18.2 Å². The lowest BCUT2D eigenvalue weighted by Gasteiger charge is -2.29. The number of ether oxygens (including phenoxy) is 3. The van der Waals surface area contributed by atoms with Gasteiger partial charge in [0.2, 0.25) is 0 Å². The van der Waals surface area contributed by atoms with E-state index in [9.17, 15) is 18.8 Å². The van der Waals surface area contributed by atoms with Gasteiger partial charge in [0.1, 0.15) is 24.1 Å². The van der Waals surface area contributed by atoms with Gasteiger partial charge in [-0.05, 0) is 44.0 Å². The van der Waals surface area contributed by atoms with Crippen LogP contribution in [0.15, 0.2) is 54.6 Å². The lowest BCUT2D eigenvalue weighted by Crippen LogP contribution is -2.50. The Labute approximate surface area is 199 Å². The van der Waals surface area contributed by atoms with E-state index < -0.39 is 35.6 Å². The zero-order valence-corrected chi connectivity index (χ0v) is 19.9. The van der Waals surface area contributed by atoms with Crippen molar-refractivity contribution in [2.24, 2.45) is 0 Å². The first kappa shape index (κ1) is 26.6. The van der Waals surface area contributed by atoms with Crippen molar-refractivity contribution in [2.75, 3.05) is 20.2 Å². The summed E-state index contributed by atoms with van der Waals surface area (Å²) < 4.78 is 28.9. The van der Waals surface area contributed by atoms with Crippen LogP contribution in [0.1, 0.15) is 31.9 Å². The van der Waals surface area contributed by atoms with Gasteiger partial charge in [0.15, 0.2) is 0 Å². The molecule has 2 amide bonds. The first-order valence-corrected chi connectivity index (χ1v) is 10.9. The molecule has 0 heterocycles. The summed E-state index contributed by atoms with van der Waals surface area (Å²) in [6, 6.07) is 13.6. The highest BCUT2D eigenvalue weighted by molar-refractivity contribution is 5.81. The van der Waals surface area contributed by atoms with Gasteiger partial charge in [-0.1, -0.05) is 42.5 Å². The maximum absolute atomic E-state index is 13.3. The number of hydrogen-bond acceptors (Lipinski definition) is 6. The van der Waals surface area contributed by atoms with Crippen LogP contribution in [-0.2, 0) is 32.0 Å². The number of rotatable bonds is 9. The molecule has 0 fully saturated rings. The van der Waals surface area contributed by atoms with Crippen LogP contribution in [0.25, 0.3) is 0 Å². The van der Waals surface area contributed by atoms with Crippen molar-refractivity contribution in [3.8, 4) is 0 Å². The van der Waals surface area contributed by atoms with Crippen LogP contribution >= 0.6 is 0 Å². The van der Waals surface area contributed by atoms with E-state index in [2.05, 4.69) is 5.32 Å². The average Bonchev–Trinajstić information content (AvgIpc) is 2.79. The molecule has 184 valence electrons. The maximum Gasteiger partial charge on any atom is 0.410 e. The molecule has 1 atom stereocenters. The van der Waals surface area contributed by atoms with Crippen molar-refractivity contribution in [2.45, 2.75) is 45.4 Å². The van der Waals surface area contributed by atoms with Gasteiger partial charge in [0.05, 0.1) is 7.11 Å². The standard InChI is InChI=1S/C25H31FN2O6/c1-25(2,3)34-23(30)27-14-15-28(24(31)33-17-19-8-6-5-7-9-19)21(22(29)32-4)16-18-10-12-20(26)13-11-18/h5-13,21H,14-17H2,1-4H3,(H,27,30)/t21-/m1/s1. The molecule has 0 spiro atoms. The fourth-order valence-electron chi connectivity index (χ4n) is 3.07. The highest BCUT2D eigenvalue weighted by Gasteiger charge is 2.32. The van der Waals surface area contributed by atoms with Crippen LogP contribution in [0.3, 0.4) is 0 Å². The predicted octanol–water partition coefficient (Wildman–Crippen LogP) is 4.07. The molecule has 0 unspecified atom stereocenters. The van der Waals surface area contributed by atoms with Crippen LogP contribution < -0.4 is 5.32 Å². The molecule has 0 aliphatic carbocycles. The summed E-state index contributed by atoms with van der Waals surface area (Å²) in [5, 5.41) is 2.57. The van der Waals surface area contributed by atoms with Crippen molar-refractivity contribution in [1.82, 2.24) is 10.2 Å². The van der Waals surface area contributed by atoms with Gasteiger partial charge in [-0.3, -0.25) is 4.90 Å². The predicted molar refractivity (Wildman–Crippen MR) is 123 cm³/mol. The molecular weight excluding hydrogens is 443 g/mol. The quantitative estimate of drug-likeness (QED) is 0.435. The number of esters is 1. The van der Waals surface area contributed by atoms with Crippen molar-refractivity contribution >= 4 is 18.2 Å². The largest absolute Gasteiger partial charge is 0.467 e. The molecule has 2 aromatic rings. The highest BCUT2D eigenvalue weighted by Crippen LogP contribution is 2.14. The van der Waals surface area contributed by atoms with E-state index >= 15 is 0 Å². The lowest BCUT2D eigenvalue weighted by atomic mass is 10.0. The number of carbonyl (C=O) groups excluding carboxylic acids is 3. The number of halogens is 1. The van der Waals surface area contributed by atoms with Crippen LogP contribution in [-0.4, -0.2) is 54.9 Å². The molecule has 0 bridgehead atoms. The average molecular weight is 475 g/mol. The molecule has 9 heteroatoms. The number of benzene rings is 2. The number of methoxy groups -OCH3 is 1. The Morgan fingerprint density at radius 3 is 2.24 bits per heavy atom. The number of amides is 2. The fourth-order valence-corrected chi connectivity index (χ4v) is 3.07. The molecule has 0 aromatic heterocycles. The van der Waals surface area contributed by atoms with Gasteiger partial charge < -0.3 is 19.5 Å². The van der Waals surface area contributed by atoms with E-state index in [4.69, 9.17) is 14.2 Å². The molecule has 34 heavy (non-hydrogen) atoms. The van der Waals surface area contributed by atoms with Gasteiger partial charge in [-0.15, -0.1) is 0 Å². The van der Waals surface area contributed by atoms with Gasteiger partial charge >= 0.3 is 18.2 Å². The number of alkyl carbamates (subject to hydrolysis) is 1. The first-order valence-electron chi connectivity index (χ1n) is 10.9. The normalized spacial score (nSPS) is 11.8. The second kappa shape index (κ2) is 12.6. The molecule has 0 aliphatic rings. The van der Waals surface area contributed by atoms with Crippen molar-refractivity contribution in [3.63, 3.8) is 0 Å². The second-order valence-electron chi connectivity index (χ2n) is 8.53. The zero-order chi connectivity index (χ0) is 25.1. The van der Waals surface area contributed by atoms with Crippen LogP contribution in [0, 0.1) is 5.82 Å². The molecule has 0 aliphatic heterocycles. The summed E-state index contributed by atoms with van der Waals surface area (Å²) in [5.74, 6) is -1.09. The summed E-state index contributed by atoms with van der Waals surface area (Å²) >= 11 is 0. The zero-order valence-electron chi connectivity index (χ0n) is 19.9. The Balaban J connectivity index is 2.18. The van der Waals surface area contributed by atoms with Crippen molar-refractivity contribution < 1.29 is 33.0 Å². The monoisotopic (exact) mass is 474 g/mol. The molecule has 2 rings (SSSR count). The van der Waals surface area contributed by atoms with Crippen molar-refractivity contribution in [1.29, 1.82) is 0 Å². The smallest absolute Gasteiger partial charge is 0.410 e. The van der Waals surface area contributed by atoms with E-state index in [0.717, 1.165) is 5.56 Å². The van der Waals surface area contributed by atoms with E-state index in [0.29, 0.717) is 5.56 Å². The van der Waals surface area contributed by atoms with E-state index in [1.165, 1.54) is 36.3 Å². The molecule has 0 saturated heterocycles.